The second-order valence-electron chi connectivity index (χ2n) is 5.43. The summed E-state index contributed by atoms with van der Waals surface area (Å²) in [6.45, 7) is 2.60. The smallest absolute Gasteiger partial charge is 0.185 e. The largest absolute Gasteiger partial charge is 0.342 e. The Balaban J connectivity index is 1.88. The lowest BCUT2D eigenvalue weighted by atomic mass is 10.0. The van der Waals surface area contributed by atoms with Gasteiger partial charge in [0.05, 0.1) is 6.04 Å². The van der Waals surface area contributed by atoms with E-state index in [1.807, 2.05) is 36.1 Å². The molecule has 0 aliphatic carbocycles. The Morgan fingerprint density at radius 2 is 1.91 bits per heavy atom. The van der Waals surface area contributed by atoms with Crippen molar-refractivity contribution in [3.8, 4) is 0 Å². The van der Waals surface area contributed by atoms with Crippen LogP contribution in [0.15, 0.2) is 48.5 Å². The van der Waals surface area contributed by atoms with Gasteiger partial charge in [0, 0.05) is 22.7 Å². The molecule has 0 fully saturated rings. The van der Waals surface area contributed by atoms with E-state index in [0.29, 0.717) is 29.4 Å². The highest BCUT2D eigenvalue weighted by Crippen LogP contribution is 2.27. The standard InChI is InChI=1S/C18H17ClN2O/c1-2-16(17(22)12-7-9-14(19)10-8-12)21-11-13-5-3-4-6-15(13)18(21)20/h3-10,16,20H,2,11H2,1H3. The van der Waals surface area contributed by atoms with E-state index in [-0.39, 0.29) is 11.8 Å². The number of carbonyl (C=O) groups excluding carboxylic acids is 1. The summed E-state index contributed by atoms with van der Waals surface area (Å²) in [6.07, 6.45) is 0.665. The number of nitrogens with zero attached hydrogens (tertiary/aromatic N) is 1. The number of hydrogen-bond acceptors (Lipinski definition) is 2. The Labute approximate surface area is 135 Å². The number of hydrogen-bond donors (Lipinski definition) is 1. The number of nitrogens with one attached hydrogen (secondary N) is 1. The van der Waals surface area contributed by atoms with Gasteiger partial charge in [-0.15, -0.1) is 0 Å². The number of rotatable bonds is 4. The molecule has 1 aliphatic rings. The minimum absolute atomic E-state index is 0.0386. The first-order valence-electron chi connectivity index (χ1n) is 7.35. The van der Waals surface area contributed by atoms with Gasteiger partial charge in [0.2, 0.25) is 0 Å². The van der Waals surface area contributed by atoms with Crippen molar-refractivity contribution >= 4 is 23.2 Å². The molecule has 112 valence electrons. The zero-order valence-corrected chi connectivity index (χ0v) is 13.1. The highest BCUT2D eigenvalue weighted by Gasteiger charge is 2.33. The van der Waals surface area contributed by atoms with Crippen molar-refractivity contribution in [2.45, 2.75) is 25.9 Å². The summed E-state index contributed by atoms with van der Waals surface area (Å²) in [5.74, 6) is 0.474. The molecule has 0 saturated carbocycles. The van der Waals surface area contributed by atoms with Crippen LogP contribution in [0, 0.1) is 5.41 Å². The molecule has 1 N–H and O–H groups in total. The third kappa shape index (κ3) is 2.53. The third-order valence-electron chi connectivity index (χ3n) is 4.09. The summed E-state index contributed by atoms with van der Waals surface area (Å²) in [5, 5.41) is 8.98. The number of benzene rings is 2. The minimum Gasteiger partial charge on any atom is -0.342 e. The average molecular weight is 313 g/mol. The summed E-state index contributed by atoms with van der Waals surface area (Å²) in [5.41, 5.74) is 2.67. The highest BCUT2D eigenvalue weighted by molar-refractivity contribution is 6.30. The zero-order valence-electron chi connectivity index (χ0n) is 12.3. The van der Waals surface area contributed by atoms with E-state index in [2.05, 4.69) is 0 Å². The monoisotopic (exact) mass is 312 g/mol. The van der Waals surface area contributed by atoms with Crippen molar-refractivity contribution in [3.05, 3.63) is 70.2 Å². The van der Waals surface area contributed by atoms with Crippen molar-refractivity contribution in [1.29, 1.82) is 5.41 Å². The van der Waals surface area contributed by atoms with Crippen LogP contribution in [0.2, 0.25) is 5.02 Å². The van der Waals surface area contributed by atoms with Crippen LogP contribution in [0.4, 0.5) is 0 Å². The molecule has 0 saturated heterocycles. The van der Waals surface area contributed by atoms with E-state index in [1.54, 1.807) is 24.3 Å². The molecule has 2 aromatic rings. The first-order chi connectivity index (χ1) is 10.6. The molecular formula is C18H17ClN2O. The Morgan fingerprint density at radius 3 is 2.55 bits per heavy atom. The van der Waals surface area contributed by atoms with E-state index >= 15 is 0 Å². The van der Waals surface area contributed by atoms with Crippen LogP contribution >= 0.6 is 11.6 Å². The topological polar surface area (TPSA) is 44.2 Å². The molecule has 0 amide bonds. The van der Waals surface area contributed by atoms with Crippen LogP contribution in [0.25, 0.3) is 0 Å². The van der Waals surface area contributed by atoms with Gasteiger partial charge in [-0.1, -0.05) is 42.8 Å². The average Bonchev–Trinajstić information content (AvgIpc) is 2.86. The van der Waals surface area contributed by atoms with Crippen LogP contribution in [0.1, 0.15) is 34.8 Å². The number of carbonyl (C=O) groups is 1. The van der Waals surface area contributed by atoms with Gasteiger partial charge < -0.3 is 4.90 Å². The SMILES string of the molecule is CCC(C(=O)c1ccc(Cl)cc1)N1Cc2ccccc2C1=N. The van der Waals surface area contributed by atoms with E-state index in [0.717, 1.165) is 11.1 Å². The Morgan fingerprint density at radius 1 is 1.23 bits per heavy atom. The molecule has 3 nitrogen and oxygen atoms in total. The molecule has 3 rings (SSSR count). The van der Waals surface area contributed by atoms with Crippen LogP contribution in [0.3, 0.4) is 0 Å². The predicted octanol–water partition coefficient (Wildman–Crippen LogP) is 4.14. The van der Waals surface area contributed by atoms with Crippen molar-refractivity contribution < 1.29 is 4.79 Å². The molecule has 1 atom stereocenters. The number of ketones is 1. The lowest BCUT2D eigenvalue weighted by Gasteiger charge is -2.27. The molecule has 2 aromatic carbocycles. The van der Waals surface area contributed by atoms with Gasteiger partial charge >= 0.3 is 0 Å². The molecule has 1 aliphatic heterocycles. The Hall–Kier alpha value is -2.13. The Kier molecular flexibility index (Phi) is 3.99. The first-order valence-corrected chi connectivity index (χ1v) is 7.73. The van der Waals surface area contributed by atoms with Gasteiger partial charge in [0.15, 0.2) is 5.78 Å². The number of Topliss-reactive ketones (excluding diaryl/α,β-unsaturated/α-hetero) is 1. The lowest BCUT2D eigenvalue weighted by molar-refractivity contribution is 0.0882. The van der Waals surface area contributed by atoms with E-state index in [4.69, 9.17) is 17.0 Å². The zero-order chi connectivity index (χ0) is 15.7. The van der Waals surface area contributed by atoms with Crippen molar-refractivity contribution in [3.63, 3.8) is 0 Å². The van der Waals surface area contributed by atoms with Gasteiger partial charge in [-0.2, -0.15) is 0 Å². The molecule has 0 spiro atoms. The van der Waals surface area contributed by atoms with Gasteiger partial charge in [-0.25, -0.2) is 0 Å². The van der Waals surface area contributed by atoms with Crippen LogP contribution < -0.4 is 0 Å². The van der Waals surface area contributed by atoms with E-state index < -0.39 is 0 Å². The fourth-order valence-corrected chi connectivity index (χ4v) is 3.05. The summed E-state index contributed by atoms with van der Waals surface area (Å²) < 4.78 is 0. The summed E-state index contributed by atoms with van der Waals surface area (Å²) >= 11 is 5.89. The normalized spacial score (nSPS) is 14.8. The quantitative estimate of drug-likeness (QED) is 0.862. The van der Waals surface area contributed by atoms with Gasteiger partial charge in [-0.05, 0) is 36.2 Å². The van der Waals surface area contributed by atoms with Gasteiger partial charge in [-0.3, -0.25) is 10.2 Å². The maximum Gasteiger partial charge on any atom is 0.185 e. The number of fused-ring (bicyclic) bond motifs is 1. The maximum absolute atomic E-state index is 12.8. The van der Waals surface area contributed by atoms with Gasteiger partial charge in [0.1, 0.15) is 5.84 Å². The molecule has 0 bridgehead atoms. The molecule has 0 radical (unpaired) electrons. The lowest BCUT2D eigenvalue weighted by Crippen LogP contribution is -2.41. The van der Waals surface area contributed by atoms with Crippen molar-refractivity contribution in [1.82, 2.24) is 4.90 Å². The number of amidine groups is 1. The summed E-state index contributed by atoms with van der Waals surface area (Å²) in [7, 11) is 0. The fourth-order valence-electron chi connectivity index (χ4n) is 2.93. The molecule has 1 unspecified atom stereocenters. The third-order valence-corrected chi connectivity index (χ3v) is 4.35. The van der Waals surface area contributed by atoms with Crippen molar-refractivity contribution in [2.75, 3.05) is 0 Å². The molecular weight excluding hydrogens is 296 g/mol. The van der Waals surface area contributed by atoms with Crippen LogP contribution in [-0.2, 0) is 6.54 Å². The van der Waals surface area contributed by atoms with E-state index in [9.17, 15) is 4.79 Å². The second-order valence-corrected chi connectivity index (χ2v) is 5.87. The Bertz CT molecular complexity index is 724. The summed E-state index contributed by atoms with van der Waals surface area (Å²) in [4.78, 5) is 14.7. The summed E-state index contributed by atoms with van der Waals surface area (Å²) in [6, 6.07) is 14.5. The molecule has 1 heterocycles. The molecule has 22 heavy (non-hydrogen) atoms. The molecule has 0 aromatic heterocycles. The molecule has 4 heteroatoms. The second kappa shape index (κ2) is 5.93. The minimum atomic E-state index is -0.318. The predicted molar refractivity (Wildman–Crippen MR) is 88.7 cm³/mol. The fraction of sp³-hybridized carbons (Fsp3) is 0.222. The van der Waals surface area contributed by atoms with Crippen molar-refractivity contribution in [2.24, 2.45) is 0 Å². The van der Waals surface area contributed by atoms with Gasteiger partial charge in [0.25, 0.3) is 0 Å². The number of halogens is 1. The first kappa shape index (κ1) is 14.8. The highest BCUT2D eigenvalue weighted by atomic mass is 35.5. The maximum atomic E-state index is 12.8. The van der Waals surface area contributed by atoms with Crippen LogP contribution in [0.5, 0.6) is 0 Å². The van der Waals surface area contributed by atoms with E-state index in [1.165, 1.54) is 0 Å². The van der Waals surface area contributed by atoms with Crippen LogP contribution in [-0.4, -0.2) is 22.6 Å².